The van der Waals surface area contributed by atoms with E-state index >= 15 is 0 Å². The number of ether oxygens (including phenoxy) is 1. The molecule has 0 unspecified atom stereocenters. The second-order valence-corrected chi connectivity index (χ2v) is 6.51. The summed E-state index contributed by atoms with van der Waals surface area (Å²) in [5, 5.41) is 11.2. The van der Waals surface area contributed by atoms with Gasteiger partial charge in [-0.25, -0.2) is 4.79 Å². The first-order valence-corrected chi connectivity index (χ1v) is 7.42. The van der Waals surface area contributed by atoms with E-state index in [1.807, 2.05) is 0 Å². The van der Waals surface area contributed by atoms with Gasteiger partial charge in [-0.15, -0.1) is 11.8 Å². The van der Waals surface area contributed by atoms with E-state index in [9.17, 15) is 14.4 Å². The molecule has 0 bridgehead atoms. The van der Waals surface area contributed by atoms with Crippen LogP contribution < -0.4 is 5.32 Å². The van der Waals surface area contributed by atoms with Gasteiger partial charge >= 0.3 is 12.1 Å². The van der Waals surface area contributed by atoms with Gasteiger partial charge in [0.1, 0.15) is 11.6 Å². The maximum atomic E-state index is 12.2. The Balaban J connectivity index is 0.00000400. The Kier molecular flexibility index (Phi) is 7.94. The quantitative estimate of drug-likeness (QED) is 0.794. The molecule has 0 aromatic heterocycles. The number of carbonyl (C=O) groups excluding carboxylic acids is 2. The number of thioether (sulfide) groups is 1. The van der Waals surface area contributed by atoms with Gasteiger partial charge in [-0.1, -0.05) is 0 Å². The van der Waals surface area contributed by atoms with Crippen LogP contribution in [0.15, 0.2) is 0 Å². The third-order valence-electron chi connectivity index (χ3n) is 2.43. The van der Waals surface area contributed by atoms with E-state index in [1.165, 1.54) is 4.90 Å². The number of rotatable bonds is 4. The SMILES string of the molecule is CC(C)(C)OC(=O)N[C@@H](CC(=O)O)C(=O)N1CCSC1.S. The maximum Gasteiger partial charge on any atom is 0.408 e. The van der Waals surface area contributed by atoms with Crippen molar-refractivity contribution in [3.05, 3.63) is 0 Å². The highest BCUT2D eigenvalue weighted by atomic mass is 32.2. The van der Waals surface area contributed by atoms with Gasteiger partial charge in [0.05, 0.1) is 12.3 Å². The summed E-state index contributed by atoms with van der Waals surface area (Å²) in [4.78, 5) is 36.2. The number of alkyl carbamates (subject to hydrolysis) is 1. The van der Waals surface area contributed by atoms with E-state index < -0.39 is 30.1 Å². The molecule has 1 fully saturated rings. The van der Waals surface area contributed by atoms with E-state index in [-0.39, 0.29) is 19.4 Å². The van der Waals surface area contributed by atoms with Gasteiger partial charge in [-0.2, -0.15) is 13.5 Å². The number of carboxylic acids is 1. The van der Waals surface area contributed by atoms with E-state index in [4.69, 9.17) is 9.84 Å². The van der Waals surface area contributed by atoms with Crippen molar-refractivity contribution in [1.82, 2.24) is 10.2 Å². The van der Waals surface area contributed by atoms with Crippen LogP contribution in [0.4, 0.5) is 4.79 Å². The Labute approximate surface area is 135 Å². The molecule has 1 saturated heterocycles. The molecule has 1 heterocycles. The molecule has 122 valence electrons. The Bertz CT molecular complexity index is 392. The minimum atomic E-state index is -1.15. The number of carbonyl (C=O) groups is 3. The molecule has 1 aliphatic heterocycles. The van der Waals surface area contributed by atoms with Gasteiger partial charge in [0, 0.05) is 12.3 Å². The van der Waals surface area contributed by atoms with E-state index in [0.29, 0.717) is 12.4 Å². The second kappa shape index (κ2) is 8.38. The summed E-state index contributed by atoms with van der Waals surface area (Å²) in [5.41, 5.74) is -0.704. The standard InChI is InChI=1S/C12H20N2O5S.H2S/c1-12(2,3)19-11(18)13-8(6-9(15)16)10(17)14-4-5-20-7-14;/h8H,4-7H2,1-3H3,(H,13,18)(H,15,16);1H2/t8-;/m0./s1. The van der Waals surface area contributed by atoms with Crippen molar-refractivity contribution in [3.8, 4) is 0 Å². The van der Waals surface area contributed by atoms with Crippen molar-refractivity contribution in [2.24, 2.45) is 0 Å². The summed E-state index contributed by atoms with van der Waals surface area (Å²) in [7, 11) is 0. The lowest BCUT2D eigenvalue weighted by Gasteiger charge is -2.25. The third kappa shape index (κ3) is 7.47. The lowest BCUT2D eigenvalue weighted by Crippen LogP contribution is -2.49. The summed E-state index contributed by atoms with van der Waals surface area (Å²) in [6.45, 7) is 5.64. The summed E-state index contributed by atoms with van der Waals surface area (Å²) in [6.07, 6.45) is -1.25. The summed E-state index contributed by atoms with van der Waals surface area (Å²) in [5.74, 6) is -0.197. The van der Waals surface area contributed by atoms with Crippen LogP contribution in [0.3, 0.4) is 0 Å². The highest BCUT2D eigenvalue weighted by molar-refractivity contribution is 7.99. The molecule has 1 rings (SSSR count). The van der Waals surface area contributed by atoms with Crippen molar-refractivity contribution >= 4 is 43.2 Å². The fourth-order valence-electron chi connectivity index (χ4n) is 1.63. The zero-order valence-electron chi connectivity index (χ0n) is 12.3. The fraction of sp³-hybridized carbons (Fsp3) is 0.750. The number of aliphatic carboxylic acids is 1. The number of hydrogen-bond donors (Lipinski definition) is 2. The first kappa shape index (κ1) is 19.9. The van der Waals surface area contributed by atoms with Gasteiger partial charge in [0.2, 0.25) is 5.91 Å². The van der Waals surface area contributed by atoms with Gasteiger partial charge in [0.25, 0.3) is 0 Å². The zero-order chi connectivity index (χ0) is 15.3. The van der Waals surface area contributed by atoms with Crippen molar-refractivity contribution < 1.29 is 24.2 Å². The average molecular weight is 338 g/mol. The van der Waals surface area contributed by atoms with E-state index in [0.717, 1.165) is 5.75 Å². The molecule has 1 atom stereocenters. The van der Waals surface area contributed by atoms with Crippen LogP contribution in [-0.2, 0) is 14.3 Å². The molecular weight excluding hydrogens is 316 g/mol. The minimum absolute atomic E-state index is 0. The first-order chi connectivity index (χ1) is 9.19. The second-order valence-electron chi connectivity index (χ2n) is 5.44. The maximum absolute atomic E-state index is 12.2. The van der Waals surface area contributed by atoms with E-state index in [2.05, 4.69) is 5.32 Å². The minimum Gasteiger partial charge on any atom is -0.481 e. The number of nitrogens with zero attached hydrogens (tertiary/aromatic N) is 1. The molecule has 0 radical (unpaired) electrons. The van der Waals surface area contributed by atoms with Crippen molar-refractivity contribution in [3.63, 3.8) is 0 Å². The molecule has 0 aromatic rings. The molecule has 7 nitrogen and oxygen atoms in total. The predicted molar refractivity (Wildman–Crippen MR) is 84.8 cm³/mol. The summed E-state index contributed by atoms with van der Waals surface area (Å²) in [6, 6.07) is -1.10. The van der Waals surface area contributed by atoms with Crippen LogP contribution in [0.2, 0.25) is 0 Å². The average Bonchev–Trinajstić information content (AvgIpc) is 2.76. The molecule has 21 heavy (non-hydrogen) atoms. The Morgan fingerprint density at radius 3 is 2.43 bits per heavy atom. The van der Waals surface area contributed by atoms with Crippen molar-refractivity contribution in [2.45, 2.75) is 38.8 Å². The molecule has 1 aliphatic rings. The molecule has 0 spiro atoms. The third-order valence-corrected chi connectivity index (χ3v) is 3.40. The van der Waals surface area contributed by atoms with E-state index in [1.54, 1.807) is 32.5 Å². The number of amides is 2. The van der Waals surface area contributed by atoms with Crippen LogP contribution in [-0.4, -0.2) is 57.8 Å². The van der Waals surface area contributed by atoms with Gasteiger partial charge in [-0.05, 0) is 20.8 Å². The van der Waals surface area contributed by atoms with Crippen molar-refractivity contribution in [2.75, 3.05) is 18.2 Å². The number of carboxylic acid groups (broad SMARTS) is 1. The molecule has 9 heteroatoms. The van der Waals surface area contributed by atoms with Crippen LogP contribution in [0.1, 0.15) is 27.2 Å². The van der Waals surface area contributed by atoms with Crippen LogP contribution in [0.5, 0.6) is 0 Å². The highest BCUT2D eigenvalue weighted by Gasteiger charge is 2.31. The van der Waals surface area contributed by atoms with Crippen LogP contribution >= 0.6 is 25.3 Å². The Hall–Kier alpha value is -1.09. The van der Waals surface area contributed by atoms with Crippen LogP contribution in [0.25, 0.3) is 0 Å². The number of hydrogen-bond acceptors (Lipinski definition) is 5. The van der Waals surface area contributed by atoms with Crippen molar-refractivity contribution in [1.29, 1.82) is 0 Å². The highest BCUT2D eigenvalue weighted by Crippen LogP contribution is 2.15. The monoisotopic (exact) mass is 338 g/mol. The lowest BCUT2D eigenvalue weighted by molar-refractivity contribution is -0.142. The summed E-state index contributed by atoms with van der Waals surface area (Å²) >= 11 is 1.59. The molecule has 2 N–H and O–H groups in total. The van der Waals surface area contributed by atoms with Gasteiger partial charge in [0.15, 0.2) is 0 Å². The first-order valence-electron chi connectivity index (χ1n) is 6.27. The number of nitrogens with one attached hydrogen (secondary N) is 1. The lowest BCUT2D eigenvalue weighted by atomic mass is 10.2. The van der Waals surface area contributed by atoms with Gasteiger partial charge in [-0.3, -0.25) is 9.59 Å². The fourth-order valence-corrected chi connectivity index (χ4v) is 2.59. The summed E-state index contributed by atoms with van der Waals surface area (Å²) < 4.78 is 5.04. The Morgan fingerprint density at radius 2 is 2.00 bits per heavy atom. The van der Waals surface area contributed by atoms with Gasteiger partial charge < -0.3 is 20.1 Å². The topological polar surface area (TPSA) is 95.9 Å². The molecule has 2 amide bonds. The zero-order valence-corrected chi connectivity index (χ0v) is 14.2. The molecule has 0 aromatic carbocycles. The predicted octanol–water partition coefficient (Wildman–Crippen LogP) is 1.00. The normalized spacial score (nSPS) is 15.9. The Morgan fingerprint density at radius 1 is 1.38 bits per heavy atom. The molecular formula is C12H22N2O5S2. The van der Waals surface area contributed by atoms with Crippen LogP contribution in [0, 0.1) is 0 Å². The molecule has 0 aliphatic carbocycles. The molecule has 0 saturated carbocycles. The smallest absolute Gasteiger partial charge is 0.408 e. The largest absolute Gasteiger partial charge is 0.481 e.